The number of allylic oxidation sites excluding steroid dienone is 1. The largest absolute Gasteiger partial charge is 0.377 e. The van der Waals surface area contributed by atoms with Crippen LogP contribution < -0.4 is 0 Å². The molecule has 6 heteroatoms. The van der Waals surface area contributed by atoms with Gasteiger partial charge in [-0.1, -0.05) is 41.4 Å². The van der Waals surface area contributed by atoms with Gasteiger partial charge in [-0.3, -0.25) is 9.69 Å². The lowest BCUT2D eigenvalue weighted by Gasteiger charge is -2.46. The maximum absolute atomic E-state index is 12.6. The van der Waals surface area contributed by atoms with E-state index in [-0.39, 0.29) is 5.78 Å². The molecule has 3 saturated heterocycles. The Labute approximate surface area is 229 Å². The summed E-state index contributed by atoms with van der Waals surface area (Å²) in [6, 6.07) is 15.8. The Morgan fingerprint density at radius 1 is 1.00 bits per heavy atom. The summed E-state index contributed by atoms with van der Waals surface area (Å²) in [7, 11) is 0. The third kappa shape index (κ3) is 4.96. The molecule has 4 heterocycles. The zero-order valence-corrected chi connectivity index (χ0v) is 22.9. The van der Waals surface area contributed by atoms with Gasteiger partial charge >= 0.3 is 0 Å². The van der Waals surface area contributed by atoms with Gasteiger partial charge in [0, 0.05) is 66.2 Å². The van der Waals surface area contributed by atoms with Crippen molar-refractivity contribution in [3.63, 3.8) is 0 Å². The van der Waals surface area contributed by atoms with Crippen molar-refractivity contribution in [2.45, 2.75) is 69.5 Å². The van der Waals surface area contributed by atoms with E-state index < -0.39 is 0 Å². The molecule has 3 fully saturated rings. The maximum atomic E-state index is 12.6. The highest BCUT2D eigenvalue weighted by Gasteiger charge is 2.45. The predicted octanol–water partition coefficient (Wildman–Crippen LogP) is 7.68. The third-order valence-electron chi connectivity index (χ3n) is 9.22. The summed E-state index contributed by atoms with van der Waals surface area (Å²) in [5.74, 6) is 1.34. The molecule has 37 heavy (non-hydrogen) atoms. The van der Waals surface area contributed by atoms with Crippen LogP contribution in [0.3, 0.4) is 0 Å². The van der Waals surface area contributed by atoms with E-state index in [1.54, 1.807) is 24.3 Å². The summed E-state index contributed by atoms with van der Waals surface area (Å²) in [6.07, 6.45) is 13.5. The van der Waals surface area contributed by atoms with E-state index in [0.717, 1.165) is 13.1 Å². The van der Waals surface area contributed by atoms with Crippen molar-refractivity contribution in [2.75, 3.05) is 13.1 Å². The van der Waals surface area contributed by atoms with Crippen molar-refractivity contribution in [1.29, 1.82) is 0 Å². The number of nitrogens with one attached hydrogen (secondary N) is 1. The topological polar surface area (TPSA) is 39.3 Å². The number of rotatable bonds is 6. The molecule has 3 unspecified atom stereocenters. The molecule has 4 nitrogen and oxygen atoms in total. The number of ketones is 1. The number of hydrogen-bond acceptors (Lipinski definition) is 3. The number of piperidine rings is 2. The summed E-state index contributed by atoms with van der Waals surface area (Å²) in [5, 5.41) is 2.29. The number of para-hydroxylation sites is 1. The molecule has 0 spiro atoms. The zero-order valence-electron chi connectivity index (χ0n) is 21.4. The van der Waals surface area contributed by atoms with Gasteiger partial charge in [-0.2, -0.15) is 0 Å². The molecule has 194 valence electrons. The van der Waals surface area contributed by atoms with Crippen molar-refractivity contribution < 1.29 is 4.79 Å². The van der Waals surface area contributed by atoms with Crippen LogP contribution in [0.25, 0.3) is 10.9 Å². The van der Waals surface area contributed by atoms with Crippen molar-refractivity contribution in [2.24, 2.45) is 5.92 Å². The first-order chi connectivity index (χ1) is 18.0. The SMILES string of the molecule is CC(C1CCN(/C=C/C(=O)c2ccc(Cl)c(Cl)c2)CC1)N1C2CCC1CC(c1c[nH]c3ccccc13)C2. The number of carbonyl (C=O) groups excluding carboxylic acids is 1. The Morgan fingerprint density at radius 2 is 1.73 bits per heavy atom. The van der Waals surface area contributed by atoms with Crippen LogP contribution in [0.15, 0.2) is 60.9 Å². The molecule has 0 radical (unpaired) electrons. The van der Waals surface area contributed by atoms with E-state index in [1.807, 2.05) is 6.20 Å². The Balaban J connectivity index is 1.05. The second kappa shape index (κ2) is 10.5. The minimum Gasteiger partial charge on any atom is -0.377 e. The average molecular weight is 537 g/mol. The maximum Gasteiger partial charge on any atom is 0.187 e. The number of halogens is 2. The monoisotopic (exact) mass is 535 g/mol. The van der Waals surface area contributed by atoms with Crippen molar-refractivity contribution in [3.8, 4) is 0 Å². The minimum atomic E-state index is -0.0382. The number of benzene rings is 2. The normalized spacial score (nSPS) is 25.8. The smallest absolute Gasteiger partial charge is 0.187 e. The van der Waals surface area contributed by atoms with E-state index in [1.165, 1.54) is 55.0 Å². The molecular formula is C31H35Cl2N3O. The van der Waals surface area contributed by atoms with Crippen LogP contribution in [0.2, 0.25) is 10.0 Å². The molecular weight excluding hydrogens is 501 g/mol. The number of fused-ring (bicyclic) bond motifs is 3. The number of aromatic nitrogens is 1. The third-order valence-corrected chi connectivity index (χ3v) is 9.96. The molecule has 3 aliphatic heterocycles. The lowest BCUT2D eigenvalue weighted by Crippen LogP contribution is -2.51. The van der Waals surface area contributed by atoms with E-state index >= 15 is 0 Å². The molecule has 0 aliphatic carbocycles. The average Bonchev–Trinajstić information content (AvgIpc) is 3.46. The lowest BCUT2D eigenvalue weighted by atomic mass is 9.81. The predicted molar refractivity (Wildman–Crippen MR) is 153 cm³/mol. The molecule has 1 N–H and O–H groups in total. The van der Waals surface area contributed by atoms with Gasteiger partial charge in [0.2, 0.25) is 0 Å². The van der Waals surface area contributed by atoms with E-state index in [9.17, 15) is 4.79 Å². The van der Waals surface area contributed by atoms with Crippen LogP contribution in [0.1, 0.15) is 67.3 Å². The summed E-state index contributed by atoms with van der Waals surface area (Å²) >= 11 is 12.1. The van der Waals surface area contributed by atoms with E-state index in [4.69, 9.17) is 23.2 Å². The van der Waals surface area contributed by atoms with Crippen molar-refractivity contribution in [3.05, 3.63) is 82.1 Å². The first kappa shape index (κ1) is 25.0. The van der Waals surface area contributed by atoms with Crippen LogP contribution in [-0.4, -0.2) is 51.8 Å². The number of likely N-dealkylation sites (tertiary alicyclic amines) is 1. The van der Waals surface area contributed by atoms with E-state index in [2.05, 4.69) is 52.2 Å². The number of aromatic amines is 1. The quantitative estimate of drug-likeness (QED) is 0.259. The van der Waals surface area contributed by atoms with Gasteiger partial charge in [0.15, 0.2) is 5.78 Å². The summed E-state index contributed by atoms with van der Waals surface area (Å²) < 4.78 is 0. The molecule has 1 aromatic heterocycles. The number of H-pyrrole nitrogens is 1. The van der Waals surface area contributed by atoms with Gasteiger partial charge in [-0.05, 0) is 87.1 Å². The van der Waals surface area contributed by atoms with Crippen LogP contribution in [0.5, 0.6) is 0 Å². The molecule has 3 aliphatic rings. The highest BCUT2D eigenvalue weighted by Crippen LogP contribution is 2.47. The standard InChI is InChI=1S/C31H35Cl2N3O/c1-20(21-10-13-35(14-11-21)15-12-31(37)22-6-9-28(32)29(33)18-22)36-24-7-8-25(36)17-23(16-24)27-19-34-30-5-3-2-4-26(27)30/h2-6,9,12,15,18-21,23-25,34H,7-8,10-11,13-14,16-17H2,1H3/b15-12+. The van der Waals surface area contributed by atoms with Gasteiger partial charge in [0.25, 0.3) is 0 Å². The van der Waals surface area contributed by atoms with Gasteiger partial charge in [0.1, 0.15) is 0 Å². The summed E-state index contributed by atoms with van der Waals surface area (Å²) in [6.45, 7) is 4.48. The van der Waals surface area contributed by atoms with Gasteiger partial charge in [0.05, 0.1) is 10.0 Å². The van der Waals surface area contributed by atoms with Gasteiger partial charge in [-0.15, -0.1) is 0 Å². The van der Waals surface area contributed by atoms with Crippen LogP contribution >= 0.6 is 23.2 Å². The van der Waals surface area contributed by atoms with Gasteiger partial charge in [-0.25, -0.2) is 0 Å². The zero-order chi connectivity index (χ0) is 25.5. The molecule has 2 bridgehead atoms. The van der Waals surface area contributed by atoms with Crippen molar-refractivity contribution in [1.82, 2.24) is 14.8 Å². The van der Waals surface area contributed by atoms with Crippen LogP contribution in [0.4, 0.5) is 0 Å². The van der Waals surface area contributed by atoms with Gasteiger partial charge < -0.3 is 9.88 Å². The fourth-order valence-electron chi connectivity index (χ4n) is 7.28. The molecule has 2 aromatic carbocycles. The van der Waals surface area contributed by atoms with Crippen molar-refractivity contribution >= 4 is 39.9 Å². The molecule has 0 amide bonds. The van der Waals surface area contributed by atoms with Crippen LogP contribution in [0, 0.1) is 5.92 Å². The summed E-state index contributed by atoms with van der Waals surface area (Å²) in [4.78, 5) is 21.3. The molecule has 6 rings (SSSR count). The fourth-order valence-corrected chi connectivity index (χ4v) is 7.58. The first-order valence-electron chi connectivity index (χ1n) is 13.7. The Kier molecular flexibility index (Phi) is 7.09. The Hall–Kier alpha value is -2.27. The molecule has 3 atom stereocenters. The highest BCUT2D eigenvalue weighted by atomic mass is 35.5. The number of nitrogens with zero attached hydrogens (tertiary/aromatic N) is 2. The Bertz CT molecular complexity index is 1290. The minimum absolute atomic E-state index is 0.0382. The second-order valence-corrected chi connectivity index (χ2v) is 12.0. The molecule has 3 aromatic rings. The number of hydrogen-bond donors (Lipinski definition) is 1. The summed E-state index contributed by atoms with van der Waals surface area (Å²) in [5.41, 5.74) is 3.36. The lowest BCUT2D eigenvalue weighted by molar-refractivity contribution is 0.0376. The number of carbonyl (C=O) groups is 1. The second-order valence-electron chi connectivity index (χ2n) is 11.2. The molecule has 0 saturated carbocycles. The van der Waals surface area contributed by atoms with E-state index in [0.29, 0.717) is 45.6 Å². The first-order valence-corrected chi connectivity index (χ1v) is 14.5. The fraction of sp³-hybridized carbons (Fsp3) is 0.452. The Morgan fingerprint density at radius 3 is 2.46 bits per heavy atom. The van der Waals surface area contributed by atoms with Crippen LogP contribution in [-0.2, 0) is 0 Å². The highest BCUT2D eigenvalue weighted by molar-refractivity contribution is 6.42.